The Hall–Kier alpha value is -0.890. The van der Waals surface area contributed by atoms with Crippen LogP contribution in [0.3, 0.4) is 0 Å². The van der Waals surface area contributed by atoms with Crippen molar-refractivity contribution >= 4 is 21.6 Å². The molecule has 84 valence electrons. The Bertz CT molecular complexity index is 390. The third-order valence-electron chi connectivity index (χ3n) is 1.65. The third kappa shape index (κ3) is 4.00. The van der Waals surface area contributed by atoms with Gasteiger partial charge in [0, 0.05) is 0 Å². The Morgan fingerprint density at radius 3 is 2.20 bits per heavy atom. The van der Waals surface area contributed by atoms with E-state index in [1.54, 1.807) is 11.3 Å². The number of rotatable bonds is 0. The van der Waals surface area contributed by atoms with Gasteiger partial charge in [-0.2, -0.15) is 0 Å². The molecule has 0 fully saturated rings. The highest BCUT2D eigenvalue weighted by Gasteiger charge is 1.98. The van der Waals surface area contributed by atoms with Gasteiger partial charge in [-0.05, 0) is 31.5 Å². The molecule has 0 aliphatic carbocycles. The van der Waals surface area contributed by atoms with Crippen molar-refractivity contribution in [3.05, 3.63) is 28.8 Å². The van der Waals surface area contributed by atoms with Crippen LogP contribution in [-0.2, 0) is 0 Å². The lowest BCUT2D eigenvalue weighted by Gasteiger charge is -1.88. The molecule has 1 nitrogen and oxygen atoms in total. The molecule has 0 aliphatic rings. The molecule has 0 spiro atoms. The number of aryl methyl sites for hydroxylation is 2. The molecule has 0 saturated heterocycles. The lowest BCUT2D eigenvalue weighted by Crippen LogP contribution is -1.71. The first-order valence-electron chi connectivity index (χ1n) is 5.59. The summed E-state index contributed by atoms with van der Waals surface area (Å²) in [5.41, 5.74) is 2.41. The molecule has 0 N–H and O–H groups in total. The normalized spacial score (nSPS) is 8.67. The number of nitrogens with zero attached hydrogens (tertiary/aromatic N) is 1. The predicted octanol–water partition coefficient (Wildman–Crippen LogP) is 4.97. The molecule has 0 aliphatic heterocycles. The average Bonchev–Trinajstić information content (AvgIpc) is 2.63. The highest BCUT2D eigenvalue weighted by Crippen LogP contribution is 2.21. The number of aromatic nitrogens is 1. The predicted molar refractivity (Wildman–Crippen MR) is 71.8 cm³/mol. The molecular weight excluding hydrogens is 202 g/mol. The molecule has 0 unspecified atom stereocenters. The first-order chi connectivity index (χ1) is 7.25. The van der Waals surface area contributed by atoms with Gasteiger partial charge in [-0.15, -0.1) is 11.3 Å². The van der Waals surface area contributed by atoms with Crippen LogP contribution in [0.1, 0.15) is 38.3 Å². The molecule has 0 saturated carbocycles. The molecule has 2 rings (SSSR count). The number of fused-ring (bicyclic) bond motifs is 1. The van der Waals surface area contributed by atoms with Gasteiger partial charge in [0.05, 0.1) is 15.2 Å². The standard InChI is InChI=1S/C9H9NS.2C2H6/c1-6-3-4-9-8(5-6)10-7(2)11-9;2*1-2/h3-5H,1-2H3;2*1-2H3. The Morgan fingerprint density at radius 2 is 1.60 bits per heavy atom. The molecule has 0 amide bonds. The van der Waals surface area contributed by atoms with Gasteiger partial charge in [-0.3, -0.25) is 0 Å². The molecule has 1 heterocycles. The van der Waals surface area contributed by atoms with Crippen LogP contribution in [0.5, 0.6) is 0 Å². The van der Waals surface area contributed by atoms with Crippen molar-refractivity contribution in [3.8, 4) is 0 Å². The van der Waals surface area contributed by atoms with Crippen molar-refractivity contribution in [1.29, 1.82) is 0 Å². The van der Waals surface area contributed by atoms with Gasteiger partial charge in [-0.1, -0.05) is 33.8 Å². The fourth-order valence-electron chi connectivity index (χ4n) is 1.15. The Morgan fingerprint density at radius 1 is 1.00 bits per heavy atom. The zero-order valence-corrected chi connectivity index (χ0v) is 11.4. The van der Waals surface area contributed by atoms with Crippen LogP contribution in [0.25, 0.3) is 10.2 Å². The summed E-state index contributed by atoms with van der Waals surface area (Å²) in [6.07, 6.45) is 0. The van der Waals surface area contributed by atoms with E-state index in [4.69, 9.17) is 0 Å². The van der Waals surface area contributed by atoms with E-state index in [-0.39, 0.29) is 0 Å². The maximum absolute atomic E-state index is 4.39. The molecular formula is C13H21NS. The van der Waals surface area contributed by atoms with Gasteiger partial charge in [0.25, 0.3) is 0 Å². The highest BCUT2D eigenvalue weighted by molar-refractivity contribution is 7.18. The van der Waals surface area contributed by atoms with E-state index in [1.807, 2.05) is 34.6 Å². The zero-order chi connectivity index (χ0) is 11.8. The van der Waals surface area contributed by atoms with Gasteiger partial charge < -0.3 is 0 Å². The molecule has 1 aromatic carbocycles. The van der Waals surface area contributed by atoms with Gasteiger partial charge in [0.2, 0.25) is 0 Å². The van der Waals surface area contributed by atoms with Crippen LogP contribution in [-0.4, -0.2) is 4.98 Å². The minimum Gasteiger partial charge on any atom is -0.242 e. The number of benzene rings is 1. The quantitative estimate of drug-likeness (QED) is 0.614. The van der Waals surface area contributed by atoms with Gasteiger partial charge >= 0.3 is 0 Å². The van der Waals surface area contributed by atoms with E-state index in [2.05, 4.69) is 30.1 Å². The van der Waals surface area contributed by atoms with E-state index in [1.165, 1.54) is 10.3 Å². The number of hydrogen-bond acceptors (Lipinski definition) is 2. The molecule has 2 aromatic rings. The molecule has 1 aromatic heterocycles. The largest absolute Gasteiger partial charge is 0.242 e. The maximum atomic E-state index is 4.39. The summed E-state index contributed by atoms with van der Waals surface area (Å²) < 4.78 is 1.29. The minimum absolute atomic E-state index is 1.13. The summed E-state index contributed by atoms with van der Waals surface area (Å²) in [7, 11) is 0. The Balaban J connectivity index is 0.000000442. The van der Waals surface area contributed by atoms with Gasteiger partial charge in [-0.25, -0.2) is 4.98 Å². The van der Waals surface area contributed by atoms with Gasteiger partial charge in [0.1, 0.15) is 0 Å². The van der Waals surface area contributed by atoms with Crippen molar-refractivity contribution in [2.75, 3.05) is 0 Å². The summed E-state index contributed by atoms with van der Waals surface area (Å²) in [5, 5.41) is 1.14. The summed E-state index contributed by atoms with van der Waals surface area (Å²) >= 11 is 1.75. The number of hydrogen-bond donors (Lipinski definition) is 0. The molecule has 0 bridgehead atoms. The van der Waals surface area contributed by atoms with Crippen molar-refractivity contribution in [1.82, 2.24) is 4.98 Å². The van der Waals surface area contributed by atoms with E-state index < -0.39 is 0 Å². The summed E-state index contributed by atoms with van der Waals surface area (Å²) in [4.78, 5) is 4.39. The van der Waals surface area contributed by atoms with Crippen LogP contribution in [0, 0.1) is 13.8 Å². The number of thiazole rings is 1. The molecule has 15 heavy (non-hydrogen) atoms. The van der Waals surface area contributed by atoms with E-state index in [0.29, 0.717) is 0 Å². The molecule has 0 radical (unpaired) electrons. The first-order valence-corrected chi connectivity index (χ1v) is 6.41. The Labute approximate surface area is 97.2 Å². The topological polar surface area (TPSA) is 12.9 Å². The van der Waals surface area contributed by atoms with E-state index >= 15 is 0 Å². The van der Waals surface area contributed by atoms with Crippen LogP contribution in [0.4, 0.5) is 0 Å². The second-order valence-electron chi connectivity index (χ2n) is 2.70. The van der Waals surface area contributed by atoms with Crippen molar-refractivity contribution in [2.45, 2.75) is 41.5 Å². The lowest BCUT2D eigenvalue weighted by molar-refractivity contribution is 1.34. The average molecular weight is 223 g/mol. The highest BCUT2D eigenvalue weighted by atomic mass is 32.1. The van der Waals surface area contributed by atoms with Crippen LogP contribution >= 0.6 is 11.3 Å². The van der Waals surface area contributed by atoms with Crippen LogP contribution in [0.15, 0.2) is 18.2 Å². The second-order valence-corrected chi connectivity index (χ2v) is 3.94. The summed E-state index contributed by atoms with van der Waals surface area (Å²) in [5.74, 6) is 0. The smallest absolute Gasteiger partial charge is 0.0907 e. The minimum atomic E-state index is 1.13. The first kappa shape index (κ1) is 14.1. The third-order valence-corrected chi connectivity index (χ3v) is 2.60. The van der Waals surface area contributed by atoms with E-state index in [9.17, 15) is 0 Å². The molecule has 0 atom stereocenters. The van der Waals surface area contributed by atoms with Crippen LogP contribution in [0.2, 0.25) is 0 Å². The van der Waals surface area contributed by atoms with Crippen LogP contribution < -0.4 is 0 Å². The van der Waals surface area contributed by atoms with Crippen molar-refractivity contribution < 1.29 is 0 Å². The SMILES string of the molecule is CC.CC.Cc1ccc2sc(C)nc2c1. The lowest BCUT2D eigenvalue weighted by atomic mass is 10.2. The monoisotopic (exact) mass is 223 g/mol. The second kappa shape index (κ2) is 7.41. The van der Waals surface area contributed by atoms with Crippen molar-refractivity contribution in [2.24, 2.45) is 0 Å². The van der Waals surface area contributed by atoms with Crippen molar-refractivity contribution in [3.63, 3.8) is 0 Å². The fourth-order valence-corrected chi connectivity index (χ4v) is 1.96. The summed E-state index contributed by atoms with van der Waals surface area (Å²) in [6, 6.07) is 6.38. The summed E-state index contributed by atoms with van der Waals surface area (Å²) in [6.45, 7) is 12.1. The molecule has 2 heteroatoms. The van der Waals surface area contributed by atoms with E-state index in [0.717, 1.165) is 10.5 Å². The Kier molecular flexibility index (Phi) is 6.97. The fraction of sp³-hybridized carbons (Fsp3) is 0.462. The zero-order valence-electron chi connectivity index (χ0n) is 10.6. The van der Waals surface area contributed by atoms with Gasteiger partial charge in [0.15, 0.2) is 0 Å². The maximum Gasteiger partial charge on any atom is 0.0907 e.